The third-order valence-electron chi connectivity index (χ3n) is 3.22. The van der Waals surface area contributed by atoms with Crippen molar-refractivity contribution in [2.75, 3.05) is 18.0 Å². The molecule has 1 aromatic carbocycles. The van der Waals surface area contributed by atoms with Gasteiger partial charge in [0.05, 0.1) is 6.54 Å². The van der Waals surface area contributed by atoms with Gasteiger partial charge in [0.15, 0.2) is 0 Å². The van der Waals surface area contributed by atoms with Gasteiger partial charge < -0.3 is 4.90 Å². The molecule has 1 fully saturated rings. The van der Waals surface area contributed by atoms with Crippen LogP contribution in [0.15, 0.2) is 36.9 Å². The van der Waals surface area contributed by atoms with E-state index in [9.17, 15) is 0 Å². The Hall–Kier alpha value is -1.84. The fourth-order valence-corrected chi connectivity index (χ4v) is 2.29. The number of rotatable bonds is 3. The summed E-state index contributed by atoms with van der Waals surface area (Å²) in [5, 5.41) is 4.11. The Bertz CT molecular complexity index is 455. The molecule has 0 aliphatic carbocycles. The zero-order chi connectivity index (χ0) is 11.5. The molecule has 0 radical (unpaired) electrons. The van der Waals surface area contributed by atoms with Crippen molar-refractivity contribution in [1.29, 1.82) is 0 Å². The van der Waals surface area contributed by atoms with Gasteiger partial charge in [-0.15, -0.1) is 0 Å². The Morgan fingerprint density at radius 2 is 1.82 bits per heavy atom. The molecule has 0 spiro atoms. The summed E-state index contributed by atoms with van der Waals surface area (Å²) in [5.41, 5.74) is 2.60. The van der Waals surface area contributed by atoms with E-state index in [1.54, 1.807) is 12.7 Å². The Morgan fingerprint density at radius 3 is 2.47 bits per heavy atom. The van der Waals surface area contributed by atoms with Crippen molar-refractivity contribution in [2.45, 2.75) is 19.4 Å². The van der Waals surface area contributed by atoms with Gasteiger partial charge in [-0.3, -0.25) is 0 Å². The number of benzene rings is 1. The SMILES string of the molecule is c1ncn(Cc2ccc(N3CCCC3)cc2)n1. The van der Waals surface area contributed by atoms with Crippen LogP contribution in [0, 0.1) is 0 Å². The predicted molar refractivity (Wildman–Crippen MR) is 67.0 cm³/mol. The average molecular weight is 228 g/mol. The summed E-state index contributed by atoms with van der Waals surface area (Å²) in [7, 11) is 0. The number of hydrogen-bond donors (Lipinski definition) is 0. The standard InChI is InChI=1S/C13H16N4/c1-2-8-16(7-1)13-5-3-12(4-6-13)9-17-11-14-10-15-17/h3-6,10-11H,1-2,7-9H2. The molecule has 1 aromatic heterocycles. The van der Waals surface area contributed by atoms with Gasteiger partial charge in [0, 0.05) is 18.8 Å². The van der Waals surface area contributed by atoms with Crippen molar-refractivity contribution in [3.63, 3.8) is 0 Å². The molecule has 0 saturated carbocycles. The Labute approximate surface area is 101 Å². The first-order chi connectivity index (χ1) is 8.42. The lowest BCUT2D eigenvalue weighted by molar-refractivity contribution is 0.685. The highest BCUT2D eigenvalue weighted by Gasteiger charge is 2.11. The van der Waals surface area contributed by atoms with E-state index in [0.717, 1.165) is 6.54 Å². The molecule has 1 aliphatic rings. The van der Waals surface area contributed by atoms with Gasteiger partial charge in [-0.2, -0.15) is 5.10 Å². The molecule has 3 rings (SSSR count). The molecule has 4 heteroatoms. The van der Waals surface area contributed by atoms with Crippen molar-refractivity contribution >= 4 is 5.69 Å². The summed E-state index contributed by atoms with van der Waals surface area (Å²) < 4.78 is 1.84. The van der Waals surface area contributed by atoms with Crippen LogP contribution in [0.3, 0.4) is 0 Å². The second-order valence-electron chi connectivity index (χ2n) is 4.45. The van der Waals surface area contributed by atoms with Gasteiger partial charge in [0.25, 0.3) is 0 Å². The van der Waals surface area contributed by atoms with Crippen LogP contribution in [0.1, 0.15) is 18.4 Å². The minimum absolute atomic E-state index is 0.792. The van der Waals surface area contributed by atoms with Crippen LogP contribution in [0.25, 0.3) is 0 Å². The first-order valence-corrected chi connectivity index (χ1v) is 6.08. The Kier molecular flexibility index (Phi) is 2.78. The van der Waals surface area contributed by atoms with E-state index in [2.05, 4.69) is 39.2 Å². The molecule has 1 saturated heterocycles. The summed E-state index contributed by atoms with van der Waals surface area (Å²) in [6.45, 7) is 3.19. The predicted octanol–water partition coefficient (Wildman–Crippen LogP) is 1.93. The molecule has 4 nitrogen and oxygen atoms in total. The smallest absolute Gasteiger partial charge is 0.137 e. The molecule has 0 unspecified atom stereocenters. The highest BCUT2D eigenvalue weighted by Crippen LogP contribution is 2.20. The zero-order valence-electron chi connectivity index (χ0n) is 9.79. The molecular formula is C13H16N4. The van der Waals surface area contributed by atoms with E-state index in [1.165, 1.54) is 37.2 Å². The normalized spacial score (nSPS) is 15.4. The van der Waals surface area contributed by atoms with Gasteiger partial charge in [-0.05, 0) is 30.5 Å². The number of anilines is 1. The van der Waals surface area contributed by atoms with Gasteiger partial charge in [0.2, 0.25) is 0 Å². The molecule has 17 heavy (non-hydrogen) atoms. The van der Waals surface area contributed by atoms with Crippen molar-refractivity contribution < 1.29 is 0 Å². The van der Waals surface area contributed by atoms with Crippen LogP contribution in [-0.4, -0.2) is 27.9 Å². The number of aromatic nitrogens is 3. The van der Waals surface area contributed by atoms with Crippen molar-refractivity contribution in [3.05, 3.63) is 42.5 Å². The van der Waals surface area contributed by atoms with Crippen LogP contribution in [0.2, 0.25) is 0 Å². The van der Waals surface area contributed by atoms with E-state index in [1.807, 2.05) is 4.68 Å². The van der Waals surface area contributed by atoms with E-state index in [-0.39, 0.29) is 0 Å². The number of nitrogens with zero attached hydrogens (tertiary/aromatic N) is 4. The molecule has 2 heterocycles. The maximum atomic E-state index is 4.11. The average Bonchev–Trinajstić information content (AvgIpc) is 3.01. The summed E-state index contributed by atoms with van der Waals surface area (Å²) >= 11 is 0. The molecule has 0 atom stereocenters. The maximum Gasteiger partial charge on any atom is 0.137 e. The molecule has 0 amide bonds. The Balaban J connectivity index is 1.71. The minimum atomic E-state index is 0.792. The van der Waals surface area contributed by atoms with Crippen LogP contribution in [0.4, 0.5) is 5.69 Å². The lowest BCUT2D eigenvalue weighted by Crippen LogP contribution is -2.17. The zero-order valence-corrected chi connectivity index (χ0v) is 9.79. The first-order valence-electron chi connectivity index (χ1n) is 6.08. The highest BCUT2D eigenvalue weighted by molar-refractivity contribution is 5.48. The summed E-state index contributed by atoms with van der Waals surface area (Å²) in [6, 6.07) is 8.76. The first kappa shape index (κ1) is 10.3. The van der Waals surface area contributed by atoms with Gasteiger partial charge >= 0.3 is 0 Å². The third-order valence-corrected chi connectivity index (χ3v) is 3.22. The molecular weight excluding hydrogens is 212 g/mol. The van der Waals surface area contributed by atoms with Gasteiger partial charge in [-0.25, -0.2) is 9.67 Å². The quantitative estimate of drug-likeness (QED) is 0.805. The van der Waals surface area contributed by atoms with Crippen LogP contribution in [-0.2, 0) is 6.54 Å². The monoisotopic (exact) mass is 228 g/mol. The van der Waals surface area contributed by atoms with Crippen molar-refractivity contribution in [2.24, 2.45) is 0 Å². The van der Waals surface area contributed by atoms with Crippen LogP contribution in [0.5, 0.6) is 0 Å². The lowest BCUT2D eigenvalue weighted by Gasteiger charge is -2.17. The topological polar surface area (TPSA) is 34.0 Å². The number of hydrogen-bond acceptors (Lipinski definition) is 3. The minimum Gasteiger partial charge on any atom is -0.372 e. The molecule has 0 bridgehead atoms. The van der Waals surface area contributed by atoms with Crippen molar-refractivity contribution in [1.82, 2.24) is 14.8 Å². The van der Waals surface area contributed by atoms with E-state index in [4.69, 9.17) is 0 Å². The third kappa shape index (κ3) is 2.30. The van der Waals surface area contributed by atoms with Crippen molar-refractivity contribution in [3.8, 4) is 0 Å². The van der Waals surface area contributed by atoms with E-state index < -0.39 is 0 Å². The fraction of sp³-hybridized carbons (Fsp3) is 0.385. The maximum absolute atomic E-state index is 4.11. The summed E-state index contributed by atoms with van der Waals surface area (Å²) in [4.78, 5) is 6.39. The van der Waals surface area contributed by atoms with E-state index in [0.29, 0.717) is 0 Å². The van der Waals surface area contributed by atoms with Crippen LogP contribution < -0.4 is 4.90 Å². The molecule has 1 aliphatic heterocycles. The molecule has 0 N–H and O–H groups in total. The summed E-state index contributed by atoms with van der Waals surface area (Å²) in [5.74, 6) is 0. The highest BCUT2D eigenvalue weighted by atomic mass is 15.3. The molecule has 2 aromatic rings. The Morgan fingerprint density at radius 1 is 1.06 bits per heavy atom. The van der Waals surface area contributed by atoms with Gasteiger partial charge in [-0.1, -0.05) is 12.1 Å². The second kappa shape index (κ2) is 4.57. The van der Waals surface area contributed by atoms with Crippen LogP contribution >= 0.6 is 0 Å². The second-order valence-corrected chi connectivity index (χ2v) is 4.45. The summed E-state index contributed by atoms with van der Waals surface area (Å²) in [6.07, 6.45) is 5.95. The largest absolute Gasteiger partial charge is 0.372 e. The van der Waals surface area contributed by atoms with Gasteiger partial charge in [0.1, 0.15) is 12.7 Å². The van der Waals surface area contributed by atoms with E-state index >= 15 is 0 Å². The lowest BCUT2D eigenvalue weighted by atomic mass is 10.2. The fourth-order valence-electron chi connectivity index (χ4n) is 2.29. The molecule has 88 valence electrons.